The first kappa shape index (κ1) is 16.7. The number of hydrogen-bond donors (Lipinski definition) is 1. The van der Waals surface area contributed by atoms with E-state index >= 15 is 0 Å². The Hall–Kier alpha value is -1.11. The van der Waals surface area contributed by atoms with Crippen LogP contribution in [0.3, 0.4) is 0 Å². The third-order valence-electron chi connectivity index (χ3n) is 4.84. The van der Waals surface area contributed by atoms with Crippen LogP contribution in [0, 0.1) is 5.92 Å². The topological polar surface area (TPSA) is 72.3 Å². The largest absolute Gasteiger partial charge is 0.616 e. The Bertz CT molecular complexity index is 561. The Balaban J connectivity index is 1.48. The molecule has 1 aromatic heterocycles. The summed E-state index contributed by atoms with van der Waals surface area (Å²) in [5.74, 6) is 3.11. The second kappa shape index (κ2) is 7.64. The van der Waals surface area contributed by atoms with E-state index in [2.05, 4.69) is 34.1 Å². The highest BCUT2D eigenvalue weighted by atomic mass is 32.2. The van der Waals surface area contributed by atoms with E-state index in [4.69, 9.17) is 5.11 Å². The third-order valence-corrected chi connectivity index (χ3v) is 6.42. The first-order valence-corrected chi connectivity index (χ1v) is 9.87. The van der Waals surface area contributed by atoms with Gasteiger partial charge in [0.05, 0.1) is 5.69 Å². The molecule has 0 spiro atoms. The lowest BCUT2D eigenvalue weighted by Crippen LogP contribution is -2.45. The van der Waals surface area contributed by atoms with E-state index in [1.54, 1.807) is 6.33 Å². The van der Waals surface area contributed by atoms with Crippen LogP contribution in [-0.2, 0) is 17.6 Å². The highest BCUT2D eigenvalue weighted by Gasteiger charge is 2.36. The fraction of sp³-hybridized carbons (Fsp3) is 0.647. The number of allylic oxidation sites excluding steroid dienone is 1. The molecular weight excluding hydrogens is 310 g/mol. The summed E-state index contributed by atoms with van der Waals surface area (Å²) in [5.41, 5.74) is 2.27. The lowest BCUT2D eigenvalue weighted by Gasteiger charge is -2.41. The van der Waals surface area contributed by atoms with Crippen molar-refractivity contribution in [1.29, 1.82) is 0 Å². The molecule has 23 heavy (non-hydrogen) atoms. The summed E-state index contributed by atoms with van der Waals surface area (Å²) in [5, 5.41) is 8.77. The SMILES string of the molecule is CN(c1ncnc2c1C=CC2)[C@H]1C[C@@H](C[S+]([O-])CCCCO)C1. The number of fused-ring (bicyclic) bond motifs is 1. The van der Waals surface area contributed by atoms with Crippen LogP contribution < -0.4 is 4.90 Å². The normalized spacial score (nSPS) is 23.4. The van der Waals surface area contributed by atoms with Crippen molar-refractivity contribution in [2.24, 2.45) is 5.92 Å². The fourth-order valence-corrected chi connectivity index (χ4v) is 4.86. The molecule has 1 N–H and O–H groups in total. The zero-order chi connectivity index (χ0) is 16.2. The van der Waals surface area contributed by atoms with E-state index in [0.717, 1.165) is 60.7 Å². The minimum atomic E-state index is -0.739. The van der Waals surface area contributed by atoms with Crippen LogP contribution in [-0.4, -0.2) is 50.8 Å². The molecule has 1 heterocycles. The van der Waals surface area contributed by atoms with Gasteiger partial charge in [0.2, 0.25) is 0 Å². The Morgan fingerprint density at radius 3 is 2.96 bits per heavy atom. The van der Waals surface area contributed by atoms with Gasteiger partial charge in [0.1, 0.15) is 23.7 Å². The molecule has 0 amide bonds. The Kier molecular flexibility index (Phi) is 5.56. The summed E-state index contributed by atoms with van der Waals surface area (Å²) < 4.78 is 12.0. The number of aliphatic hydroxyl groups excluding tert-OH is 1. The summed E-state index contributed by atoms with van der Waals surface area (Å²) in [4.78, 5) is 11.1. The molecule has 1 unspecified atom stereocenters. The Morgan fingerprint density at radius 2 is 2.17 bits per heavy atom. The highest BCUT2D eigenvalue weighted by molar-refractivity contribution is 7.91. The molecule has 126 valence electrons. The van der Waals surface area contributed by atoms with Crippen molar-refractivity contribution in [3.63, 3.8) is 0 Å². The molecule has 0 aromatic carbocycles. The van der Waals surface area contributed by atoms with Gasteiger partial charge in [0, 0.05) is 37.6 Å². The predicted octanol–water partition coefficient (Wildman–Crippen LogP) is 1.78. The molecule has 3 rings (SSSR count). The van der Waals surface area contributed by atoms with Gasteiger partial charge in [-0.3, -0.25) is 0 Å². The lowest BCUT2D eigenvalue weighted by molar-refractivity contribution is 0.280. The maximum atomic E-state index is 12.0. The van der Waals surface area contributed by atoms with Gasteiger partial charge in [0.25, 0.3) is 0 Å². The second-order valence-electron chi connectivity index (χ2n) is 6.51. The molecule has 1 aromatic rings. The molecule has 1 saturated carbocycles. The summed E-state index contributed by atoms with van der Waals surface area (Å²) >= 11 is -0.739. The second-order valence-corrected chi connectivity index (χ2v) is 8.13. The number of aromatic nitrogens is 2. The minimum absolute atomic E-state index is 0.200. The lowest BCUT2D eigenvalue weighted by atomic mass is 9.80. The summed E-state index contributed by atoms with van der Waals surface area (Å²) in [6, 6.07) is 0.488. The predicted molar refractivity (Wildman–Crippen MR) is 93.9 cm³/mol. The fourth-order valence-electron chi connectivity index (χ4n) is 3.37. The molecule has 0 saturated heterocycles. The number of anilines is 1. The van der Waals surface area contributed by atoms with E-state index in [1.807, 2.05) is 0 Å². The molecule has 1 atom stereocenters. The van der Waals surface area contributed by atoms with Gasteiger partial charge in [-0.25, -0.2) is 9.97 Å². The monoisotopic (exact) mass is 335 g/mol. The van der Waals surface area contributed by atoms with Gasteiger partial charge in [-0.2, -0.15) is 0 Å². The number of aliphatic hydroxyl groups is 1. The molecule has 2 aliphatic carbocycles. The molecule has 0 bridgehead atoms. The van der Waals surface area contributed by atoms with E-state index in [0.29, 0.717) is 12.0 Å². The molecule has 1 fully saturated rings. The van der Waals surface area contributed by atoms with Crippen LogP contribution >= 0.6 is 0 Å². The van der Waals surface area contributed by atoms with Crippen LogP contribution in [0.15, 0.2) is 12.4 Å². The van der Waals surface area contributed by atoms with Gasteiger partial charge in [-0.15, -0.1) is 0 Å². The number of hydrogen-bond acceptors (Lipinski definition) is 5. The van der Waals surface area contributed by atoms with Crippen LogP contribution in [0.2, 0.25) is 0 Å². The zero-order valence-electron chi connectivity index (χ0n) is 13.6. The van der Waals surface area contributed by atoms with Crippen molar-refractivity contribution >= 4 is 23.1 Å². The average molecular weight is 335 g/mol. The maximum absolute atomic E-state index is 12.0. The van der Waals surface area contributed by atoms with Crippen molar-refractivity contribution in [2.75, 3.05) is 30.1 Å². The molecular formula is C17H25N3O2S. The van der Waals surface area contributed by atoms with Gasteiger partial charge >= 0.3 is 0 Å². The third kappa shape index (κ3) is 3.87. The maximum Gasteiger partial charge on any atom is 0.139 e. The summed E-state index contributed by atoms with van der Waals surface area (Å²) in [6.45, 7) is 0.200. The van der Waals surface area contributed by atoms with Crippen molar-refractivity contribution in [3.05, 3.63) is 23.7 Å². The number of rotatable bonds is 8. The van der Waals surface area contributed by atoms with E-state index < -0.39 is 11.2 Å². The first-order valence-electron chi connectivity index (χ1n) is 8.38. The molecule has 5 nitrogen and oxygen atoms in total. The van der Waals surface area contributed by atoms with Gasteiger partial charge in [0.15, 0.2) is 0 Å². The number of unbranched alkanes of at least 4 members (excludes halogenated alkanes) is 1. The van der Waals surface area contributed by atoms with Crippen molar-refractivity contribution in [1.82, 2.24) is 9.97 Å². The quantitative estimate of drug-likeness (QED) is 0.579. The molecule has 0 radical (unpaired) electrons. The molecule has 0 aliphatic heterocycles. The number of nitrogens with zero attached hydrogens (tertiary/aromatic N) is 3. The van der Waals surface area contributed by atoms with Crippen LogP contribution in [0.4, 0.5) is 5.82 Å². The average Bonchev–Trinajstić information content (AvgIpc) is 2.98. The van der Waals surface area contributed by atoms with Crippen molar-refractivity contribution in [3.8, 4) is 0 Å². The summed E-state index contributed by atoms with van der Waals surface area (Å²) in [6.07, 6.45) is 10.6. The van der Waals surface area contributed by atoms with Gasteiger partial charge < -0.3 is 14.6 Å². The smallest absolute Gasteiger partial charge is 0.139 e. The van der Waals surface area contributed by atoms with Crippen LogP contribution in [0.1, 0.15) is 36.9 Å². The van der Waals surface area contributed by atoms with E-state index in [9.17, 15) is 4.55 Å². The van der Waals surface area contributed by atoms with Crippen molar-refractivity contribution in [2.45, 2.75) is 38.1 Å². The van der Waals surface area contributed by atoms with E-state index in [1.165, 1.54) is 0 Å². The minimum Gasteiger partial charge on any atom is -0.616 e. The Morgan fingerprint density at radius 1 is 1.35 bits per heavy atom. The van der Waals surface area contributed by atoms with Crippen LogP contribution in [0.25, 0.3) is 6.08 Å². The Labute approximate surface area is 141 Å². The first-order chi connectivity index (χ1) is 11.2. The van der Waals surface area contributed by atoms with Gasteiger partial charge in [-0.05, 0) is 25.7 Å². The summed E-state index contributed by atoms with van der Waals surface area (Å²) in [7, 11) is 2.11. The van der Waals surface area contributed by atoms with Crippen molar-refractivity contribution < 1.29 is 9.66 Å². The molecule has 6 heteroatoms. The highest BCUT2D eigenvalue weighted by Crippen LogP contribution is 2.36. The van der Waals surface area contributed by atoms with Gasteiger partial charge in [-0.1, -0.05) is 23.3 Å². The van der Waals surface area contributed by atoms with E-state index in [-0.39, 0.29) is 6.61 Å². The molecule has 2 aliphatic rings. The van der Waals surface area contributed by atoms with Crippen LogP contribution in [0.5, 0.6) is 0 Å². The standard InChI is InChI=1S/C17H25N3O2S/c1-20(17-15-5-4-6-16(15)18-12-19-17)14-9-13(10-14)11-23(22)8-3-2-7-21/h4-5,12-14,21H,2-3,6-11H2,1H3/t13-,14+,23?. The zero-order valence-corrected chi connectivity index (χ0v) is 14.5.